The maximum Gasteiger partial charge on any atom is 0.268 e. The van der Waals surface area contributed by atoms with Crippen LogP contribution < -0.4 is 15.8 Å². The number of anilines is 1. The topological polar surface area (TPSA) is 50.2 Å². The van der Waals surface area contributed by atoms with Crippen LogP contribution in [0, 0.1) is 0 Å². The summed E-state index contributed by atoms with van der Waals surface area (Å²) in [5.74, 6) is 0. The van der Waals surface area contributed by atoms with E-state index < -0.39 is 0 Å². The molecule has 0 saturated carbocycles. The summed E-state index contributed by atoms with van der Waals surface area (Å²) in [5.41, 5.74) is 0.890. The third kappa shape index (κ3) is 3.10. The number of nitrogens with zero attached hydrogens (tertiary/aromatic N) is 3. The van der Waals surface area contributed by atoms with Gasteiger partial charge in [0.05, 0.1) is 18.4 Å². The van der Waals surface area contributed by atoms with Crippen LogP contribution in [0.3, 0.4) is 0 Å². The van der Waals surface area contributed by atoms with Gasteiger partial charge in [0.1, 0.15) is 0 Å². The molecule has 0 aliphatic carbocycles. The van der Waals surface area contributed by atoms with Gasteiger partial charge in [-0.05, 0) is 25.8 Å². The average molecular weight is 250 g/mol. The van der Waals surface area contributed by atoms with Gasteiger partial charge in [-0.2, -0.15) is 5.10 Å². The van der Waals surface area contributed by atoms with Gasteiger partial charge in [-0.3, -0.25) is 4.79 Å². The molecule has 0 aromatic carbocycles. The minimum absolute atomic E-state index is 0.0100. The second-order valence-corrected chi connectivity index (χ2v) is 4.95. The Morgan fingerprint density at radius 2 is 2.44 bits per heavy atom. The van der Waals surface area contributed by atoms with Gasteiger partial charge in [-0.15, -0.1) is 0 Å². The van der Waals surface area contributed by atoms with Crippen LogP contribution in [0.15, 0.2) is 17.1 Å². The second-order valence-electron chi connectivity index (χ2n) is 4.95. The lowest BCUT2D eigenvalue weighted by atomic mass is 10.2. The van der Waals surface area contributed by atoms with Crippen molar-refractivity contribution in [3.8, 4) is 0 Å². The van der Waals surface area contributed by atoms with E-state index in [-0.39, 0.29) is 5.56 Å². The summed E-state index contributed by atoms with van der Waals surface area (Å²) in [7, 11) is 1.99. The van der Waals surface area contributed by atoms with Crippen molar-refractivity contribution >= 4 is 5.69 Å². The lowest BCUT2D eigenvalue weighted by molar-refractivity contribution is 0.459. The standard InChI is InChI=1S/C13H22N4O/c1-3-7-16(2)12-8-13(18)17(15-9-12)10-11-5-4-6-14-11/h8-9,11,14H,3-7,10H2,1-2H3/t11-/m1/s1. The van der Waals surface area contributed by atoms with Crippen molar-refractivity contribution in [3.05, 3.63) is 22.6 Å². The summed E-state index contributed by atoms with van der Waals surface area (Å²) >= 11 is 0. The Balaban J connectivity index is 2.07. The van der Waals surface area contributed by atoms with E-state index in [0.29, 0.717) is 12.6 Å². The van der Waals surface area contributed by atoms with Crippen LogP contribution in [0.1, 0.15) is 26.2 Å². The molecule has 1 N–H and O–H groups in total. The Hall–Kier alpha value is -1.36. The Bertz CT molecular complexity index is 437. The number of hydrogen-bond donors (Lipinski definition) is 1. The van der Waals surface area contributed by atoms with Crippen molar-refractivity contribution in [2.24, 2.45) is 0 Å². The molecule has 100 valence electrons. The molecule has 1 aromatic rings. The van der Waals surface area contributed by atoms with E-state index in [2.05, 4.69) is 22.2 Å². The first kappa shape index (κ1) is 13.1. The lowest BCUT2D eigenvalue weighted by Crippen LogP contribution is -2.34. The molecule has 0 unspecified atom stereocenters. The molecule has 0 spiro atoms. The number of rotatable bonds is 5. The van der Waals surface area contributed by atoms with E-state index in [1.165, 1.54) is 6.42 Å². The summed E-state index contributed by atoms with van der Waals surface area (Å²) < 4.78 is 1.56. The van der Waals surface area contributed by atoms with Gasteiger partial charge < -0.3 is 10.2 Å². The highest BCUT2D eigenvalue weighted by atomic mass is 16.1. The van der Waals surface area contributed by atoms with Crippen LogP contribution in [-0.2, 0) is 6.54 Å². The molecule has 18 heavy (non-hydrogen) atoms. The van der Waals surface area contributed by atoms with Crippen LogP contribution in [0.25, 0.3) is 0 Å². The predicted octanol–water partition coefficient (Wildman–Crippen LogP) is 0.841. The molecule has 1 aromatic heterocycles. The van der Waals surface area contributed by atoms with E-state index in [0.717, 1.165) is 31.6 Å². The Labute approximate surface area is 108 Å². The molecule has 0 radical (unpaired) electrons. The van der Waals surface area contributed by atoms with Crippen molar-refractivity contribution in [3.63, 3.8) is 0 Å². The normalized spacial score (nSPS) is 19.1. The first-order valence-corrected chi connectivity index (χ1v) is 6.72. The van der Waals surface area contributed by atoms with Crippen LogP contribution in [-0.4, -0.2) is 36.0 Å². The molecular formula is C13H22N4O. The van der Waals surface area contributed by atoms with Crippen LogP contribution >= 0.6 is 0 Å². The van der Waals surface area contributed by atoms with E-state index in [1.807, 2.05) is 7.05 Å². The molecule has 1 saturated heterocycles. The van der Waals surface area contributed by atoms with Gasteiger partial charge in [-0.1, -0.05) is 6.92 Å². The van der Waals surface area contributed by atoms with Gasteiger partial charge in [0, 0.05) is 25.7 Å². The molecule has 0 bridgehead atoms. The van der Waals surface area contributed by atoms with Crippen molar-refractivity contribution < 1.29 is 0 Å². The molecular weight excluding hydrogens is 228 g/mol. The van der Waals surface area contributed by atoms with Gasteiger partial charge in [0.15, 0.2) is 0 Å². The van der Waals surface area contributed by atoms with E-state index in [1.54, 1.807) is 16.9 Å². The summed E-state index contributed by atoms with van der Waals surface area (Å²) in [5, 5.41) is 7.65. The largest absolute Gasteiger partial charge is 0.373 e. The van der Waals surface area contributed by atoms with Crippen molar-refractivity contribution in [2.75, 3.05) is 25.0 Å². The third-order valence-corrected chi connectivity index (χ3v) is 3.41. The van der Waals surface area contributed by atoms with Crippen molar-refractivity contribution in [1.82, 2.24) is 15.1 Å². The van der Waals surface area contributed by atoms with Gasteiger partial charge in [0.25, 0.3) is 5.56 Å². The smallest absolute Gasteiger partial charge is 0.268 e. The summed E-state index contributed by atoms with van der Waals surface area (Å²) in [4.78, 5) is 14.0. The fourth-order valence-electron chi connectivity index (χ4n) is 2.36. The Morgan fingerprint density at radius 1 is 1.61 bits per heavy atom. The minimum atomic E-state index is -0.0100. The van der Waals surface area contributed by atoms with Gasteiger partial charge in [0.2, 0.25) is 0 Å². The maximum absolute atomic E-state index is 12.0. The quantitative estimate of drug-likeness (QED) is 0.841. The Kier molecular flexibility index (Phi) is 4.36. The van der Waals surface area contributed by atoms with Crippen molar-refractivity contribution in [1.29, 1.82) is 0 Å². The first-order chi connectivity index (χ1) is 8.70. The molecule has 1 atom stereocenters. The van der Waals surface area contributed by atoms with Crippen LogP contribution in [0.5, 0.6) is 0 Å². The van der Waals surface area contributed by atoms with Crippen LogP contribution in [0.2, 0.25) is 0 Å². The summed E-state index contributed by atoms with van der Waals surface area (Å²) in [6.07, 6.45) is 5.17. The van der Waals surface area contributed by atoms with Crippen LogP contribution in [0.4, 0.5) is 5.69 Å². The summed E-state index contributed by atoms with van der Waals surface area (Å²) in [6.45, 7) is 4.79. The number of aromatic nitrogens is 2. The fraction of sp³-hybridized carbons (Fsp3) is 0.692. The molecule has 0 amide bonds. The zero-order valence-corrected chi connectivity index (χ0v) is 11.2. The fourth-order valence-corrected chi connectivity index (χ4v) is 2.36. The van der Waals surface area contributed by atoms with E-state index in [4.69, 9.17) is 0 Å². The second kappa shape index (κ2) is 6.00. The highest BCUT2D eigenvalue weighted by Gasteiger charge is 2.15. The van der Waals surface area contributed by atoms with Gasteiger partial charge >= 0.3 is 0 Å². The summed E-state index contributed by atoms with van der Waals surface area (Å²) in [6, 6.07) is 2.08. The van der Waals surface area contributed by atoms with E-state index >= 15 is 0 Å². The zero-order valence-electron chi connectivity index (χ0n) is 11.2. The SMILES string of the molecule is CCCN(C)c1cnn(C[C@H]2CCCN2)c(=O)c1. The third-order valence-electron chi connectivity index (χ3n) is 3.41. The molecule has 1 fully saturated rings. The number of hydrogen-bond acceptors (Lipinski definition) is 4. The Morgan fingerprint density at radius 3 is 3.06 bits per heavy atom. The van der Waals surface area contributed by atoms with Gasteiger partial charge in [-0.25, -0.2) is 4.68 Å². The molecule has 2 heterocycles. The molecule has 2 rings (SSSR count). The monoisotopic (exact) mass is 250 g/mol. The molecule has 5 heteroatoms. The lowest BCUT2D eigenvalue weighted by Gasteiger charge is -2.18. The molecule has 1 aliphatic heterocycles. The first-order valence-electron chi connectivity index (χ1n) is 6.72. The predicted molar refractivity (Wildman–Crippen MR) is 73.1 cm³/mol. The highest BCUT2D eigenvalue weighted by molar-refractivity contribution is 5.41. The van der Waals surface area contributed by atoms with E-state index in [9.17, 15) is 4.79 Å². The zero-order chi connectivity index (χ0) is 13.0. The average Bonchev–Trinajstić information content (AvgIpc) is 2.85. The molecule has 5 nitrogen and oxygen atoms in total. The minimum Gasteiger partial charge on any atom is -0.373 e. The van der Waals surface area contributed by atoms with Crippen molar-refractivity contribution in [2.45, 2.75) is 38.8 Å². The number of nitrogens with one attached hydrogen (secondary N) is 1. The highest BCUT2D eigenvalue weighted by Crippen LogP contribution is 2.09. The molecule has 1 aliphatic rings. The maximum atomic E-state index is 12.0.